The molecule has 0 amide bonds. The lowest BCUT2D eigenvalue weighted by Crippen LogP contribution is -2.11. The van der Waals surface area contributed by atoms with Gasteiger partial charge in [0.1, 0.15) is 11.1 Å². The molecule has 0 saturated heterocycles. The number of allylic oxidation sites excluding steroid dienone is 1. The van der Waals surface area contributed by atoms with E-state index in [0.717, 1.165) is 15.8 Å². The van der Waals surface area contributed by atoms with Crippen LogP contribution in [0.3, 0.4) is 0 Å². The summed E-state index contributed by atoms with van der Waals surface area (Å²) in [6.07, 6.45) is 5.10. The van der Waals surface area contributed by atoms with Gasteiger partial charge in [0.05, 0.1) is 0 Å². The van der Waals surface area contributed by atoms with E-state index in [2.05, 4.69) is 0 Å². The molecule has 114 valence electrons. The largest absolute Gasteiger partial charge is 0.422 e. The Labute approximate surface area is 137 Å². The van der Waals surface area contributed by atoms with Crippen LogP contribution in [0.1, 0.15) is 15.9 Å². The van der Waals surface area contributed by atoms with Crippen molar-refractivity contribution in [2.24, 2.45) is 0 Å². The molecule has 0 fully saturated rings. The molecule has 3 nitrogen and oxygen atoms in total. The maximum absolute atomic E-state index is 12.3. The summed E-state index contributed by atoms with van der Waals surface area (Å²) in [6.45, 7) is 0. The number of benzene rings is 2. The molecule has 3 aromatic rings. The number of rotatable bonds is 4. The predicted molar refractivity (Wildman–Crippen MR) is 94.1 cm³/mol. The third kappa shape index (κ3) is 3.43. The molecule has 3 rings (SSSR count). The van der Waals surface area contributed by atoms with Gasteiger partial charge in [-0.05, 0) is 42.2 Å². The summed E-state index contributed by atoms with van der Waals surface area (Å²) in [5.74, 6) is -0.363. The first-order valence-electron chi connectivity index (χ1n) is 7.07. The highest BCUT2D eigenvalue weighted by atomic mass is 32.2. The molecule has 0 atom stereocenters. The lowest BCUT2D eigenvalue weighted by atomic mass is 10.1. The Morgan fingerprint density at radius 2 is 1.83 bits per heavy atom. The van der Waals surface area contributed by atoms with Gasteiger partial charge < -0.3 is 4.42 Å². The van der Waals surface area contributed by atoms with E-state index in [1.165, 1.54) is 6.08 Å². The molecule has 2 aromatic carbocycles. The summed E-state index contributed by atoms with van der Waals surface area (Å²) in [7, 11) is 0. The van der Waals surface area contributed by atoms with E-state index in [-0.39, 0.29) is 11.3 Å². The van der Waals surface area contributed by atoms with Gasteiger partial charge in [-0.25, -0.2) is 4.79 Å². The molecular weight excluding hydrogens is 308 g/mol. The van der Waals surface area contributed by atoms with E-state index in [1.807, 2.05) is 36.6 Å². The van der Waals surface area contributed by atoms with Gasteiger partial charge in [-0.15, -0.1) is 11.8 Å². The van der Waals surface area contributed by atoms with E-state index in [0.29, 0.717) is 5.58 Å². The number of para-hydroxylation sites is 1. The number of thioether (sulfide) groups is 1. The zero-order chi connectivity index (χ0) is 16.2. The molecule has 1 heterocycles. The summed E-state index contributed by atoms with van der Waals surface area (Å²) in [6, 6.07) is 16.5. The minimum Gasteiger partial charge on any atom is -0.422 e. The summed E-state index contributed by atoms with van der Waals surface area (Å²) in [4.78, 5) is 25.4. The van der Waals surface area contributed by atoms with Crippen molar-refractivity contribution in [3.63, 3.8) is 0 Å². The molecule has 0 unspecified atom stereocenters. The molecule has 0 radical (unpaired) electrons. The summed E-state index contributed by atoms with van der Waals surface area (Å²) >= 11 is 1.66. The van der Waals surface area contributed by atoms with Gasteiger partial charge in [-0.2, -0.15) is 0 Å². The van der Waals surface area contributed by atoms with Crippen LogP contribution in [-0.4, -0.2) is 12.0 Å². The van der Waals surface area contributed by atoms with Crippen molar-refractivity contribution in [2.75, 3.05) is 6.26 Å². The topological polar surface area (TPSA) is 47.3 Å². The van der Waals surface area contributed by atoms with Crippen molar-refractivity contribution in [1.82, 2.24) is 0 Å². The van der Waals surface area contributed by atoms with E-state index in [9.17, 15) is 9.59 Å². The summed E-state index contributed by atoms with van der Waals surface area (Å²) in [5.41, 5.74) is 0.809. The van der Waals surface area contributed by atoms with Crippen LogP contribution in [0.15, 0.2) is 74.8 Å². The first-order chi connectivity index (χ1) is 11.2. The molecule has 0 aliphatic heterocycles. The Kier molecular flexibility index (Phi) is 4.44. The minimum atomic E-state index is -0.615. The van der Waals surface area contributed by atoms with Gasteiger partial charge >= 0.3 is 5.63 Å². The van der Waals surface area contributed by atoms with Crippen LogP contribution in [0.25, 0.3) is 17.0 Å². The van der Waals surface area contributed by atoms with E-state index >= 15 is 0 Å². The lowest BCUT2D eigenvalue weighted by molar-refractivity contribution is 0.104. The maximum atomic E-state index is 12.3. The highest BCUT2D eigenvalue weighted by Gasteiger charge is 2.10. The Balaban J connectivity index is 1.89. The van der Waals surface area contributed by atoms with Crippen LogP contribution in [-0.2, 0) is 0 Å². The van der Waals surface area contributed by atoms with Crippen molar-refractivity contribution < 1.29 is 9.21 Å². The third-order valence-electron chi connectivity index (χ3n) is 3.45. The van der Waals surface area contributed by atoms with Crippen molar-refractivity contribution >= 4 is 34.6 Å². The van der Waals surface area contributed by atoms with Crippen LogP contribution in [0, 0.1) is 0 Å². The fourth-order valence-electron chi connectivity index (χ4n) is 2.21. The smallest absolute Gasteiger partial charge is 0.347 e. The molecule has 0 spiro atoms. The summed E-state index contributed by atoms with van der Waals surface area (Å²) in [5, 5.41) is 0.730. The normalized spacial score (nSPS) is 11.2. The van der Waals surface area contributed by atoms with E-state index in [4.69, 9.17) is 4.42 Å². The average Bonchev–Trinajstić information content (AvgIpc) is 2.59. The average molecular weight is 322 g/mol. The molecule has 0 aliphatic carbocycles. The van der Waals surface area contributed by atoms with Crippen LogP contribution in [0.2, 0.25) is 0 Å². The fourth-order valence-corrected chi connectivity index (χ4v) is 2.62. The lowest BCUT2D eigenvalue weighted by Gasteiger charge is -1.99. The van der Waals surface area contributed by atoms with Crippen molar-refractivity contribution in [2.45, 2.75) is 4.90 Å². The third-order valence-corrected chi connectivity index (χ3v) is 4.19. The van der Waals surface area contributed by atoms with Gasteiger partial charge in [0.2, 0.25) is 0 Å². The van der Waals surface area contributed by atoms with Gasteiger partial charge in [0.15, 0.2) is 5.78 Å². The number of carbonyl (C=O) groups is 1. The number of hydrogen-bond acceptors (Lipinski definition) is 4. The molecule has 23 heavy (non-hydrogen) atoms. The Hall–Kier alpha value is -2.59. The van der Waals surface area contributed by atoms with Gasteiger partial charge in [0, 0.05) is 10.3 Å². The molecule has 1 aromatic heterocycles. The quantitative estimate of drug-likeness (QED) is 0.309. The number of ketones is 1. The Bertz CT molecular complexity index is 937. The second kappa shape index (κ2) is 6.67. The fraction of sp³-hybridized carbons (Fsp3) is 0.0526. The van der Waals surface area contributed by atoms with E-state index in [1.54, 1.807) is 42.1 Å². The Morgan fingerprint density at radius 1 is 1.09 bits per heavy atom. The highest BCUT2D eigenvalue weighted by molar-refractivity contribution is 7.98. The van der Waals surface area contributed by atoms with Crippen molar-refractivity contribution in [3.05, 3.63) is 82.2 Å². The molecular formula is C19H14O3S. The second-order valence-electron chi connectivity index (χ2n) is 4.96. The zero-order valence-corrected chi connectivity index (χ0v) is 13.3. The first-order valence-corrected chi connectivity index (χ1v) is 8.29. The van der Waals surface area contributed by atoms with Gasteiger partial charge in [-0.1, -0.05) is 36.4 Å². The maximum Gasteiger partial charge on any atom is 0.347 e. The molecule has 0 aliphatic rings. The van der Waals surface area contributed by atoms with Gasteiger partial charge in [-0.3, -0.25) is 4.79 Å². The zero-order valence-electron chi connectivity index (χ0n) is 12.5. The molecule has 0 bridgehead atoms. The standard InChI is InChI=1S/C19H14O3S/c1-23-15-9-6-13(7-10-15)8-11-17(20)16-12-14-4-2-3-5-18(14)22-19(16)21/h2-12H,1H3/b11-8+. The molecule has 4 heteroatoms. The monoisotopic (exact) mass is 322 g/mol. The minimum absolute atomic E-state index is 0.0423. The predicted octanol–water partition coefficient (Wildman–Crippen LogP) is 4.41. The first kappa shape index (κ1) is 15.3. The summed E-state index contributed by atoms with van der Waals surface area (Å²) < 4.78 is 5.18. The second-order valence-corrected chi connectivity index (χ2v) is 5.84. The van der Waals surface area contributed by atoms with Crippen LogP contribution >= 0.6 is 11.8 Å². The molecule has 0 N–H and O–H groups in total. The number of carbonyl (C=O) groups excluding carboxylic acids is 1. The molecule has 0 saturated carbocycles. The van der Waals surface area contributed by atoms with Crippen molar-refractivity contribution in [1.29, 1.82) is 0 Å². The SMILES string of the molecule is CSc1ccc(/C=C/C(=O)c2cc3ccccc3oc2=O)cc1. The number of hydrogen-bond donors (Lipinski definition) is 0. The van der Waals surface area contributed by atoms with Gasteiger partial charge in [0.25, 0.3) is 0 Å². The number of fused-ring (bicyclic) bond motifs is 1. The van der Waals surface area contributed by atoms with Crippen molar-refractivity contribution in [3.8, 4) is 0 Å². The van der Waals surface area contributed by atoms with Crippen LogP contribution in [0.4, 0.5) is 0 Å². The Morgan fingerprint density at radius 3 is 2.57 bits per heavy atom. The van der Waals surface area contributed by atoms with Crippen LogP contribution < -0.4 is 5.63 Å². The van der Waals surface area contributed by atoms with E-state index < -0.39 is 5.63 Å². The highest BCUT2D eigenvalue weighted by Crippen LogP contribution is 2.16. The van der Waals surface area contributed by atoms with Crippen LogP contribution in [0.5, 0.6) is 0 Å².